The molecule has 0 spiro atoms. The molecule has 2 aromatic rings. The van der Waals surface area contributed by atoms with E-state index in [1.807, 2.05) is 32.9 Å². The van der Waals surface area contributed by atoms with E-state index in [2.05, 4.69) is 4.98 Å². The number of hydrogen-bond donors (Lipinski definition) is 1. The van der Waals surface area contributed by atoms with Crippen LogP contribution in [-0.4, -0.2) is 10.1 Å². The van der Waals surface area contributed by atoms with E-state index in [4.69, 9.17) is 0 Å². The lowest BCUT2D eigenvalue weighted by Crippen LogP contribution is -2.07. The minimum Gasteiger partial charge on any atom is -0.388 e. The number of hydrogen-bond acceptors (Lipinski definition) is 2. The number of rotatable bonds is 3. The van der Waals surface area contributed by atoms with Gasteiger partial charge in [-0.1, -0.05) is 12.1 Å². The molecule has 1 heterocycles. The van der Waals surface area contributed by atoms with Crippen LogP contribution in [0.15, 0.2) is 30.3 Å². The fourth-order valence-electron chi connectivity index (χ4n) is 2.23. The summed E-state index contributed by atoms with van der Waals surface area (Å²) in [6, 6.07) is 8.41. The molecule has 1 N–H and O–H groups in total. The van der Waals surface area contributed by atoms with Crippen molar-refractivity contribution in [3.63, 3.8) is 0 Å². The van der Waals surface area contributed by atoms with E-state index in [0.29, 0.717) is 6.42 Å². The summed E-state index contributed by atoms with van der Waals surface area (Å²) in [4.78, 5) is 4.34. The van der Waals surface area contributed by atoms with Crippen molar-refractivity contribution in [2.24, 2.45) is 0 Å². The van der Waals surface area contributed by atoms with Gasteiger partial charge in [-0.3, -0.25) is 4.98 Å². The lowest BCUT2D eigenvalue weighted by molar-refractivity contribution is 0.177. The van der Waals surface area contributed by atoms with Crippen LogP contribution >= 0.6 is 0 Å². The molecule has 3 heteroatoms. The van der Waals surface area contributed by atoms with Crippen molar-refractivity contribution in [3.8, 4) is 0 Å². The standard InChI is InChI=1S/C16H18FNO/c1-10-4-6-14(17)8-13(10)9-16(19)15-7-5-11(2)18-12(15)3/h4-8,16,19H,9H2,1-3H3. The molecule has 1 atom stereocenters. The van der Waals surface area contributed by atoms with Crippen LogP contribution in [0.2, 0.25) is 0 Å². The van der Waals surface area contributed by atoms with E-state index in [-0.39, 0.29) is 5.82 Å². The highest BCUT2D eigenvalue weighted by atomic mass is 19.1. The summed E-state index contributed by atoms with van der Waals surface area (Å²) in [5, 5.41) is 10.3. The quantitative estimate of drug-likeness (QED) is 0.916. The number of pyridine rings is 1. The second-order valence-corrected chi connectivity index (χ2v) is 4.92. The van der Waals surface area contributed by atoms with Crippen LogP contribution in [0.1, 0.15) is 34.2 Å². The van der Waals surface area contributed by atoms with Crippen LogP contribution in [0.25, 0.3) is 0 Å². The van der Waals surface area contributed by atoms with Crippen molar-refractivity contribution < 1.29 is 9.50 Å². The fourth-order valence-corrected chi connectivity index (χ4v) is 2.23. The Morgan fingerprint density at radius 3 is 2.58 bits per heavy atom. The largest absolute Gasteiger partial charge is 0.388 e. The molecule has 1 unspecified atom stereocenters. The summed E-state index contributed by atoms with van der Waals surface area (Å²) in [7, 11) is 0. The highest BCUT2D eigenvalue weighted by Crippen LogP contribution is 2.23. The van der Waals surface area contributed by atoms with Crippen LogP contribution in [-0.2, 0) is 6.42 Å². The predicted octanol–water partition coefficient (Wildman–Crippen LogP) is 3.42. The van der Waals surface area contributed by atoms with Crippen LogP contribution < -0.4 is 0 Å². The Hall–Kier alpha value is -1.74. The molecule has 0 fully saturated rings. The Morgan fingerprint density at radius 1 is 1.16 bits per heavy atom. The van der Waals surface area contributed by atoms with Gasteiger partial charge in [-0.05, 0) is 50.1 Å². The molecule has 0 radical (unpaired) electrons. The lowest BCUT2D eigenvalue weighted by atomic mass is 9.97. The van der Waals surface area contributed by atoms with Gasteiger partial charge in [-0.15, -0.1) is 0 Å². The summed E-state index contributed by atoms with van der Waals surface area (Å²) in [6.07, 6.45) is -0.261. The van der Waals surface area contributed by atoms with Gasteiger partial charge in [0.25, 0.3) is 0 Å². The molecule has 0 saturated carbocycles. The number of aliphatic hydroxyl groups excluding tert-OH is 1. The van der Waals surface area contributed by atoms with E-state index in [0.717, 1.165) is 28.1 Å². The van der Waals surface area contributed by atoms with Gasteiger partial charge < -0.3 is 5.11 Å². The molecular formula is C16H18FNO. The molecule has 1 aromatic heterocycles. The molecule has 0 saturated heterocycles. The monoisotopic (exact) mass is 259 g/mol. The van der Waals surface area contributed by atoms with Crippen molar-refractivity contribution in [2.45, 2.75) is 33.3 Å². The molecule has 2 nitrogen and oxygen atoms in total. The Morgan fingerprint density at radius 2 is 1.89 bits per heavy atom. The third kappa shape index (κ3) is 3.18. The van der Waals surface area contributed by atoms with Gasteiger partial charge in [0.05, 0.1) is 6.10 Å². The van der Waals surface area contributed by atoms with Gasteiger partial charge in [-0.25, -0.2) is 4.39 Å². The summed E-state index contributed by atoms with van der Waals surface area (Å²) < 4.78 is 13.2. The van der Waals surface area contributed by atoms with Gasteiger partial charge in [-0.2, -0.15) is 0 Å². The topological polar surface area (TPSA) is 33.1 Å². The zero-order valence-electron chi connectivity index (χ0n) is 11.4. The van der Waals surface area contributed by atoms with E-state index in [1.54, 1.807) is 6.07 Å². The SMILES string of the molecule is Cc1ccc(C(O)Cc2cc(F)ccc2C)c(C)n1. The van der Waals surface area contributed by atoms with Crippen LogP contribution in [0.5, 0.6) is 0 Å². The molecule has 100 valence electrons. The van der Waals surface area contributed by atoms with Gasteiger partial charge in [0.1, 0.15) is 5.82 Å². The van der Waals surface area contributed by atoms with Crippen LogP contribution in [0, 0.1) is 26.6 Å². The van der Waals surface area contributed by atoms with Crippen LogP contribution in [0.4, 0.5) is 4.39 Å². The third-order valence-corrected chi connectivity index (χ3v) is 3.35. The Kier molecular flexibility index (Phi) is 3.96. The molecule has 0 aliphatic heterocycles. The number of aryl methyl sites for hydroxylation is 3. The first kappa shape index (κ1) is 13.7. The molecular weight excluding hydrogens is 241 g/mol. The number of benzene rings is 1. The molecule has 0 bridgehead atoms. The van der Waals surface area contributed by atoms with Gasteiger partial charge in [0.2, 0.25) is 0 Å². The number of aromatic nitrogens is 1. The van der Waals surface area contributed by atoms with Crippen molar-refractivity contribution in [3.05, 3.63) is 64.2 Å². The summed E-state index contributed by atoms with van der Waals surface area (Å²) in [5.74, 6) is -0.272. The van der Waals surface area contributed by atoms with Gasteiger partial charge in [0, 0.05) is 23.4 Å². The van der Waals surface area contributed by atoms with Gasteiger partial charge >= 0.3 is 0 Å². The number of nitrogens with zero attached hydrogens (tertiary/aromatic N) is 1. The first-order chi connectivity index (χ1) is 8.97. The van der Waals surface area contributed by atoms with E-state index < -0.39 is 6.10 Å². The van der Waals surface area contributed by atoms with Crippen molar-refractivity contribution in [2.75, 3.05) is 0 Å². The van der Waals surface area contributed by atoms with Crippen LogP contribution in [0.3, 0.4) is 0 Å². The maximum Gasteiger partial charge on any atom is 0.123 e. The van der Waals surface area contributed by atoms with E-state index in [1.165, 1.54) is 12.1 Å². The minimum absolute atomic E-state index is 0.272. The van der Waals surface area contributed by atoms with Crippen molar-refractivity contribution >= 4 is 0 Å². The Labute approximate surface area is 112 Å². The van der Waals surface area contributed by atoms with Gasteiger partial charge in [0.15, 0.2) is 0 Å². The molecule has 0 aliphatic carbocycles. The van der Waals surface area contributed by atoms with Crippen molar-refractivity contribution in [1.29, 1.82) is 0 Å². The Bertz CT molecular complexity index is 595. The zero-order chi connectivity index (χ0) is 14.0. The highest BCUT2D eigenvalue weighted by molar-refractivity contribution is 5.30. The molecule has 19 heavy (non-hydrogen) atoms. The highest BCUT2D eigenvalue weighted by Gasteiger charge is 2.13. The molecule has 0 amide bonds. The smallest absolute Gasteiger partial charge is 0.123 e. The predicted molar refractivity (Wildman–Crippen MR) is 73.5 cm³/mol. The lowest BCUT2D eigenvalue weighted by Gasteiger charge is -2.15. The minimum atomic E-state index is -0.659. The number of aliphatic hydroxyl groups is 1. The molecule has 0 aliphatic rings. The van der Waals surface area contributed by atoms with E-state index >= 15 is 0 Å². The number of halogens is 1. The Balaban J connectivity index is 2.25. The second-order valence-electron chi connectivity index (χ2n) is 4.92. The first-order valence-electron chi connectivity index (χ1n) is 6.34. The average Bonchev–Trinajstić information content (AvgIpc) is 2.33. The fraction of sp³-hybridized carbons (Fsp3) is 0.312. The van der Waals surface area contributed by atoms with E-state index in [9.17, 15) is 9.50 Å². The summed E-state index contributed by atoms with van der Waals surface area (Å²) >= 11 is 0. The maximum atomic E-state index is 13.2. The first-order valence-corrected chi connectivity index (χ1v) is 6.34. The summed E-state index contributed by atoms with van der Waals surface area (Å²) in [6.45, 7) is 5.71. The second kappa shape index (κ2) is 5.49. The molecule has 1 aromatic carbocycles. The summed E-state index contributed by atoms with van der Waals surface area (Å²) in [5.41, 5.74) is 4.36. The average molecular weight is 259 g/mol. The molecule has 2 rings (SSSR count). The normalized spacial score (nSPS) is 12.5. The zero-order valence-corrected chi connectivity index (χ0v) is 11.4. The maximum absolute atomic E-state index is 13.2. The van der Waals surface area contributed by atoms with Crippen molar-refractivity contribution in [1.82, 2.24) is 4.98 Å². The third-order valence-electron chi connectivity index (χ3n) is 3.35.